The Morgan fingerprint density at radius 3 is 2.75 bits per heavy atom. The predicted octanol–water partition coefficient (Wildman–Crippen LogP) is 3.97. The molecule has 0 aliphatic carbocycles. The third-order valence-corrected chi connectivity index (χ3v) is 5.56. The molecule has 32 heavy (non-hydrogen) atoms. The summed E-state index contributed by atoms with van der Waals surface area (Å²) in [5, 5.41) is 2.79. The largest absolute Gasteiger partial charge is 0.433 e. The average Bonchev–Trinajstić information content (AvgIpc) is 2.79. The van der Waals surface area contributed by atoms with Crippen molar-refractivity contribution >= 4 is 23.2 Å². The number of carbonyl (C=O) groups is 1. The van der Waals surface area contributed by atoms with Gasteiger partial charge in [0.15, 0.2) is 5.82 Å². The molecule has 8 nitrogen and oxygen atoms in total. The average molecular weight is 441 g/mol. The second-order valence-corrected chi connectivity index (χ2v) is 7.64. The van der Waals surface area contributed by atoms with Crippen LogP contribution in [0.25, 0.3) is 11.3 Å². The number of hydrogen-bond donors (Lipinski definition) is 1. The van der Waals surface area contributed by atoms with Crippen LogP contribution >= 0.6 is 0 Å². The third-order valence-electron chi connectivity index (χ3n) is 5.56. The van der Waals surface area contributed by atoms with Crippen LogP contribution in [0, 0.1) is 0 Å². The van der Waals surface area contributed by atoms with E-state index in [-0.39, 0.29) is 17.6 Å². The molecule has 3 aromatic rings. The number of fused-ring (bicyclic) bond motifs is 4. The van der Waals surface area contributed by atoms with Gasteiger partial charge in [0.05, 0.1) is 35.5 Å². The number of urea groups is 1. The van der Waals surface area contributed by atoms with Gasteiger partial charge in [-0.05, 0) is 37.1 Å². The number of piperidine rings is 1. The number of halogens is 3. The molecule has 1 N–H and O–H groups in total. The minimum absolute atomic E-state index is 0.105. The van der Waals surface area contributed by atoms with Gasteiger partial charge < -0.3 is 10.2 Å². The van der Waals surface area contributed by atoms with Gasteiger partial charge in [-0.1, -0.05) is 0 Å². The van der Waals surface area contributed by atoms with Gasteiger partial charge in [0.2, 0.25) is 0 Å². The van der Waals surface area contributed by atoms with Crippen LogP contribution < -0.4 is 15.1 Å². The SMILES string of the molecule is O=C(Nc1cncnc1)N1c2nc(-c3ccnc(C(F)(F)F)c3)ccc2N2CCC[C@H]1C2. The number of hydrogen-bond acceptors (Lipinski definition) is 6. The number of pyridine rings is 2. The molecule has 0 spiro atoms. The van der Waals surface area contributed by atoms with E-state index in [0.717, 1.165) is 37.3 Å². The summed E-state index contributed by atoms with van der Waals surface area (Å²) in [7, 11) is 0. The van der Waals surface area contributed by atoms with Crippen LogP contribution in [0.2, 0.25) is 0 Å². The van der Waals surface area contributed by atoms with Gasteiger partial charge in [0.1, 0.15) is 12.0 Å². The standard InChI is InChI=1S/C21H18F3N7O/c22-21(23,24)18-8-13(5-6-27-18)16-3-4-17-19(29-16)31(15-2-1-7-30(17)11-15)20(32)28-14-9-25-12-26-10-14/h3-6,8-10,12,15H,1-2,7,11H2,(H,28,32)/t15-/m0/s1. The predicted molar refractivity (Wildman–Crippen MR) is 111 cm³/mol. The summed E-state index contributed by atoms with van der Waals surface area (Å²) in [5.41, 5.74) is 0.830. The molecule has 11 heteroatoms. The Hall–Kier alpha value is -3.76. The first-order valence-electron chi connectivity index (χ1n) is 10.0. The van der Waals surface area contributed by atoms with Crippen molar-refractivity contribution in [2.45, 2.75) is 25.1 Å². The minimum atomic E-state index is -4.56. The van der Waals surface area contributed by atoms with Crippen LogP contribution in [-0.4, -0.2) is 45.1 Å². The fraction of sp³-hybridized carbons (Fsp3) is 0.286. The smallest absolute Gasteiger partial charge is 0.366 e. The molecular weight excluding hydrogens is 423 g/mol. The molecule has 0 radical (unpaired) electrons. The fourth-order valence-corrected chi connectivity index (χ4v) is 4.14. The molecule has 1 fully saturated rings. The summed E-state index contributed by atoms with van der Waals surface area (Å²) in [5.74, 6) is 0.415. The highest BCUT2D eigenvalue weighted by Crippen LogP contribution is 2.40. The molecule has 1 saturated heterocycles. The van der Waals surface area contributed by atoms with Gasteiger partial charge in [-0.3, -0.25) is 9.88 Å². The Bertz CT molecular complexity index is 1160. The number of rotatable bonds is 2. The third kappa shape index (κ3) is 3.70. The summed E-state index contributed by atoms with van der Waals surface area (Å²) in [4.78, 5) is 32.8. The van der Waals surface area contributed by atoms with Crippen LogP contribution in [0.15, 0.2) is 49.2 Å². The van der Waals surface area contributed by atoms with E-state index in [4.69, 9.17) is 0 Å². The zero-order chi connectivity index (χ0) is 22.3. The van der Waals surface area contributed by atoms with E-state index in [0.29, 0.717) is 23.7 Å². The van der Waals surface area contributed by atoms with Crippen molar-refractivity contribution in [3.8, 4) is 11.3 Å². The first-order chi connectivity index (χ1) is 15.4. The van der Waals surface area contributed by atoms with Gasteiger partial charge in [-0.2, -0.15) is 13.2 Å². The maximum atomic E-state index is 13.2. The molecule has 2 bridgehead atoms. The second kappa shape index (κ2) is 7.74. The van der Waals surface area contributed by atoms with E-state index < -0.39 is 11.9 Å². The molecule has 0 unspecified atom stereocenters. The molecule has 0 aromatic carbocycles. The Morgan fingerprint density at radius 2 is 1.97 bits per heavy atom. The number of carbonyl (C=O) groups excluding carboxylic acids is 1. The Kier molecular flexibility index (Phi) is 4.87. The molecule has 2 amide bonds. The number of amides is 2. The zero-order valence-corrected chi connectivity index (χ0v) is 16.8. The van der Waals surface area contributed by atoms with Crippen LogP contribution in [0.5, 0.6) is 0 Å². The van der Waals surface area contributed by atoms with E-state index in [1.807, 2.05) is 0 Å². The number of anilines is 3. The molecule has 2 aliphatic rings. The molecule has 164 valence electrons. The van der Waals surface area contributed by atoms with Gasteiger partial charge in [0, 0.05) is 24.8 Å². The van der Waals surface area contributed by atoms with Crippen molar-refractivity contribution in [2.24, 2.45) is 0 Å². The summed E-state index contributed by atoms with van der Waals surface area (Å²) in [6, 6.07) is 5.42. The lowest BCUT2D eigenvalue weighted by atomic mass is 9.99. The van der Waals surface area contributed by atoms with Crippen molar-refractivity contribution in [2.75, 3.05) is 28.2 Å². The zero-order valence-electron chi connectivity index (χ0n) is 16.8. The van der Waals surface area contributed by atoms with E-state index in [2.05, 4.69) is 30.2 Å². The Balaban J connectivity index is 1.55. The lowest BCUT2D eigenvalue weighted by molar-refractivity contribution is -0.141. The Morgan fingerprint density at radius 1 is 1.16 bits per heavy atom. The van der Waals surface area contributed by atoms with Crippen molar-refractivity contribution in [3.63, 3.8) is 0 Å². The first kappa shape index (κ1) is 20.2. The summed E-state index contributed by atoms with van der Waals surface area (Å²) in [6.07, 6.45) is 2.61. The highest BCUT2D eigenvalue weighted by atomic mass is 19.4. The number of alkyl halides is 3. The monoisotopic (exact) mass is 441 g/mol. The lowest BCUT2D eigenvalue weighted by Gasteiger charge is -2.45. The normalized spacial score (nSPS) is 17.7. The maximum absolute atomic E-state index is 13.2. The highest BCUT2D eigenvalue weighted by molar-refractivity contribution is 6.04. The molecule has 1 atom stereocenters. The molecular formula is C21H18F3N7O. The number of nitrogens with zero attached hydrogens (tertiary/aromatic N) is 6. The van der Waals surface area contributed by atoms with Gasteiger partial charge >= 0.3 is 12.2 Å². The quantitative estimate of drug-likeness (QED) is 0.648. The highest BCUT2D eigenvalue weighted by Gasteiger charge is 2.38. The van der Waals surface area contributed by atoms with Crippen LogP contribution in [0.1, 0.15) is 18.5 Å². The lowest BCUT2D eigenvalue weighted by Crippen LogP contribution is -2.56. The molecule has 3 aromatic heterocycles. The number of nitrogens with one attached hydrogen (secondary N) is 1. The minimum Gasteiger partial charge on any atom is -0.366 e. The fourth-order valence-electron chi connectivity index (χ4n) is 4.14. The summed E-state index contributed by atoms with van der Waals surface area (Å²) in [6.45, 7) is 1.50. The van der Waals surface area contributed by atoms with Gasteiger partial charge in [-0.15, -0.1) is 0 Å². The van der Waals surface area contributed by atoms with E-state index >= 15 is 0 Å². The van der Waals surface area contributed by atoms with E-state index in [9.17, 15) is 18.0 Å². The molecule has 5 rings (SSSR count). The van der Waals surface area contributed by atoms with Crippen LogP contribution in [0.3, 0.4) is 0 Å². The Labute approximate surface area is 181 Å². The topological polar surface area (TPSA) is 87.1 Å². The summed E-state index contributed by atoms with van der Waals surface area (Å²) < 4.78 is 39.4. The maximum Gasteiger partial charge on any atom is 0.433 e. The molecule has 5 heterocycles. The number of aromatic nitrogens is 4. The molecule has 0 saturated carbocycles. The van der Waals surface area contributed by atoms with E-state index in [1.54, 1.807) is 17.0 Å². The first-order valence-corrected chi connectivity index (χ1v) is 10.0. The van der Waals surface area contributed by atoms with Crippen molar-refractivity contribution in [1.29, 1.82) is 0 Å². The van der Waals surface area contributed by atoms with Crippen LogP contribution in [0.4, 0.5) is 35.2 Å². The summed E-state index contributed by atoms with van der Waals surface area (Å²) >= 11 is 0. The van der Waals surface area contributed by atoms with E-state index in [1.165, 1.54) is 24.8 Å². The van der Waals surface area contributed by atoms with Gasteiger partial charge in [0.25, 0.3) is 0 Å². The van der Waals surface area contributed by atoms with Crippen molar-refractivity contribution < 1.29 is 18.0 Å². The van der Waals surface area contributed by atoms with Crippen LogP contribution in [-0.2, 0) is 6.18 Å². The molecule has 2 aliphatic heterocycles. The van der Waals surface area contributed by atoms with Gasteiger partial charge in [-0.25, -0.2) is 19.7 Å². The van der Waals surface area contributed by atoms with Crippen molar-refractivity contribution in [1.82, 2.24) is 19.9 Å². The van der Waals surface area contributed by atoms with Crippen molar-refractivity contribution in [3.05, 3.63) is 54.9 Å². The second-order valence-electron chi connectivity index (χ2n) is 7.64.